The van der Waals surface area contributed by atoms with Crippen LogP contribution in [-0.2, 0) is 0 Å². The SMILES string of the molecule is c1ccc(-c2ccc3c(c2)Oc2cccc4c(-c5cc6ccccc6c6c5oc5cc7ccccc7cc56)ccc-3c24)cc1. The second-order valence-corrected chi connectivity index (χ2v) is 11.7. The molecule has 1 aliphatic heterocycles. The van der Waals surface area contributed by atoms with E-state index in [2.05, 4.69) is 140 Å². The first kappa shape index (κ1) is 23.7. The number of furan rings is 1. The smallest absolute Gasteiger partial charge is 0.143 e. The minimum absolute atomic E-state index is 0.880. The number of hydrogen-bond acceptors (Lipinski definition) is 2. The highest BCUT2D eigenvalue weighted by molar-refractivity contribution is 6.25. The monoisotopic (exact) mass is 560 g/mol. The molecule has 0 amide bonds. The summed E-state index contributed by atoms with van der Waals surface area (Å²) in [6.45, 7) is 0. The average molecular weight is 561 g/mol. The Labute approximate surface area is 253 Å². The van der Waals surface area contributed by atoms with Gasteiger partial charge in [0.15, 0.2) is 0 Å². The van der Waals surface area contributed by atoms with Gasteiger partial charge in [-0.25, -0.2) is 0 Å². The zero-order valence-electron chi connectivity index (χ0n) is 23.7. The molecule has 2 nitrogen and oxygen atoms in total. The molecule has 204 valence electrons. The Morgan fingerprint density at radius 3 is 1.98 bits per heavy atom. The molecule has 2 heteroatoms. The standard InChI is InChI=1S/C42H24O2/c1-2-9-25(10-3-1)28-17-18-32-34-20-19-31(33-15-8-16-37(40(33)34)43-38(32)24-28)35-22-29-13-6-7-14-30(29)41-36-21-26-11-4-5-12-27(26)23-39(36)44-42(35)41/h1-24H. The molecule has 1 aromatic heterocycles. The minimum atomic E-state index is 0.880. The van der Waals surface area contributed by atoms with Gasteiger partial charge in [0.2, 0.25) is 0 Å². The quantitative estimate of drug-likeness (QED) is 0.210. The molecule has 0 radical (unpaired) electrons. The van der Waals surface area contributed by atoms with Gasteiger partial charge in [0, 0.05) is 27.3 Å². The van der Waals surface area contributed by atoms with Crippen LogP contribution in [-0.4, -0.2) is 0 Å². The second-order valence-electron chi connectivity index (χ2n) is 11.7. The van der Waals surface area contributed by atoms with E-state index in [0.29, 0.717) is 0 Å². The highest BCUT2D eigenvalue weighted by atomic mass is 16.5. The van der Waals surface area contributed by atoms with E-state index in [1.165, 1.54) is 32.7 Å². The van der Waals surface area contributed by atoms with Crippen molar-refractivity contribution in [3.63, 3.8) is 0 Å². The number of hydrogen-bond donors (Lipinski definition) is 0. The van der Waals surface area contributed by atoms with Gasteiger partial charge in [0.25, 0.3) is 0 Å². The van der Waals surface area contributed by atoms with Crippen LogP contribution in [0.25, 0.3) is 87.6 Å². The summed E-state index contributed by atoms with van der Waals surface area (Å²) in [7, 11) is 0. The van der Waals surface area contributed by atoms with Crippen molar-refractivity contribution in [1.82, 2.24) is 0 Å². The fraction of sp³-hybridized carbons (Fsp3) is 0. The Balaban J connectivity index is 1.25. The van der Waals surface area contributed by atoms with Crippen LogP contribution in [0, 0.1) is 0 Å². The first-order chi connectivity index (χ1) is 21.8. The van der Waals surface area contributed by atoms with E-state index in [1.807, 2.05) is 6.07 Å². The summed E-state index contributed by atoms with van der Waals surface area (Å²) in [5, 5.41) is 9.38. The third kappa shape index (κ3) is 3.31. The maximum absolute atomic E-state index is 6.78. The topological polar surface area (TPSA) is 22.4 Å². The van der Waals surface area contributed by atoms with Gasteiger partial charge >= 0.3 is 0 Å². The van der Waals surface area contributed by atoms with Crippen LogP contribution in [0.5, 0.6) is 11.5 Å². The summed E-state index contributed by atoms with van der Waals surface area (Å²) in [6.07, 6.45) is 0. The molecular formula is C42H24O2. The van der Waals surface area contributed by atoms with Crippen molar-refractivity contribution in [3.8, 4) is 44.9 Å². The van der Waals surface area contributed by atoms with E-state index in [4.69, 9.17) is 9.15 Å². The molecule has 44 heavy (non-hydrogen) atoms. The molecule has 8 aromatic carbocycles. The van der Waals surface area contributed by atoms with Crippen molar-refractivity contribution in [2.24, 2.45) is 0 Å². The summed E-state index contributed by atoms with van der Waals surface area (Å²) < 4.78 is 13.4. The summed E-state index contributed by atoms with van der Waals surface area (Å²) in [4.78, 5) is 0. The molecule has 9 aromatic rings. The molecule has 0 atom stereocenters. The molecule has 0 unspecified atom stereocenters. The molecule has 0 aliphatic carbocycles. The lowest BCUT2D eigenvalue weighted by Crippen LogP contribution is -1.98. The van der Waals surface area contributed by atoms with E-state index in [1.54, 1.807) is 0 Å². The second kappa shape index (κ2) is 8.82. The Morgan fingerprint density at radius 1 is 0.364 bits per heavy atom. The van der Waals surface area contributed by atoms with Crippen molar-refractivity contribution in [3.05, 3.63) is 146 Å². The third-order valence-corrected chi connectivity index (χ3v) is 9.22. The molecule has 2 heterocycles. The molecule has 10 rings (SSSR count). The van der Waals surface area contributed by atoms with Gasteiger partial charge in [-0.15, -0.1) is 0 Å². The normalized spacial score (nSPS) is 12.3. The van der Waals surface area contributed by atoms with E-state index >= 15 is 0 Å². The van der Waals surface area contributed by atoms with Crippen LogP contribution in [0.2, 0.25) is 0 Å². The lowest BCUT2D eigenvalue weighted by Gasteiger charge is -2.23. The summed E-state index contributed by atoms with van der Waals surface area (Å²) >= 11 is 0. The Kier molecular flexibility index (Phi) is 4.75. The first-order valence-electron chi connectivity index (χ1n) is 15.0. The average Bonchev–Trinajstić information content (AvgIpc) is 3.46. The lowest BCUT2D eigenvalue weighted by molar-refractivity contribution is 0.487. The Morgan fingerprint density at radius 2 is 1.09 bits per heavy atom. The van der Waals surface area contributed by atoms with E-state index in [-0.39, 0.29) is 0 Å². The van der Waals surface area contributed by atoms with Crippen molar-refractivity contribution in [1.29, 1.82) is 0 Å². The summed E-state index contributed by atoms with van der Waals surface area (Å²) in [6, 6.07) is 51.8. The Bertz CT molecular complexity index is 2630. The van der Waals surface area contributed by atoms with Crippen molar-refractivity contribution in [2.75, 3.05) is 0 Å². The van der Waals surface area contributed by atoms with Crippen LogP contribution in [0.15, 0.2) is 150 Å². The summed E-state index contributed by atoms with van der Waals surface area (Å²) in [5.41, 5.74) is 8.67. The molecule has 0 bridgehead atoms. The maximum atomic E-state index is 6.78. The van der Waals surface area contributed by atoms with Gasteiger partial charge in [-0.05, 0) is 85.6 Å². The van der Waals surface area contributed by atoms with Gasteiger partial charge in [-0.1, -0.05) is 109 Å². The lowest BCUT2D eigenvalue weighted by atomic mass is 9.88. The predicted octanol–water partition coefficient (Wildman–Crippen LogP) is 12.2. The van der Waals surface area contributed by atoms with Crippen molar-refractivity contribution >= 4 is 54.3 Å². The fourth-order valence-electron chi connectivity index (χ4n) is 7.19. The number of ether oxygens (including phenoxy) is 1. The highest BCUT2D eigenvalue weighted by Crippen LogP contribution is 2.51. The first-order valence-corrected chi connectivity index (χ1v) is 15.0. The Hall–Kier alpha value is -5.86. The van der Waals surface area contributed by atoms with Crippen LogP contribution in [0.3, 0.4) is 0 Å². The van der Waals surface area contributed by atoms with Crippen molar-refractivity contribution < 1.29 is 9.15 Å². The maximum Gasteiger partial charge on any atom is 0.143 e. The molecule has 0 saturated heterocycles. The zero-order valence-corrected chi connectivity index (χ0v) is 23.7. The molecule has 0 N–H and O–H groups in total. The summed E-state index contributed by atoms with van der Waals surface area (Å²) in [5.74, 6) is 1.77. The van der Waals surface area contributed by atoms with Crippen LogP contribution in [0.4, 0.5) is 0 Å². The number of fused-ring (bicyclic) bond motifs is 8. The van der Waals surface area contributed by atoms with Crippen molar-refractivity contribution in [2.45, 2.75) is 0 Å². The van der Waals surface area contributed by atoms with Gasteiger partial charge in [0.05, 0.1) is 0 Å². The third-order valence-electron chi connectivity index (χ3n) is 9.22. The number of rotatable bonds is 2. The molecule has 0 fully saturated rings. The van der Waals surface area contributed by atoms with Gasteiger partial charge < -0.3 is 9.15 Å². The predicted molar refractivity (Wildman–Crippen MR) is 183 cm³/mol. The highest BCUT2D eigenvalue weighted by Gasteiger charge is 2.24. The molecular weight excluding hydrogens is 536 g/mol. The van der Waals surface area contributed by atoms with Crippen LogP contribution >= 0.6 is 0 Å². The van der Waals surface area contributed by atoms with E-state index in [0.717, 1.165) is 66.5 Å². The van der Waals surface area contributed by atoms with Gasteiger partial charge in [-0.2, -0.15) is 0 Å². The fourth-order valence-corrected chi connectivity index (χ4v) is 7.19. The minimum Gasteiger partial charge on any atom is -0.456 e. The molecule has 0 saturated carbocycles. The van der Waals surface area contributed by atoms with E-state index in [9.17, 15) is 0 Å². The largest absolute Gasteiger partial charge is 0.456 e. The van der Waals surface area contributed by atoms with Crippen LogP contribution in [0.1, 0.15) is 0 Å². The van der Waals surface area contributed by atoms with Crippen LogP contribution < -0.4 is 4.74 Å². The molecule has 0 spiro atoms. The number of benzene rings is 8. The zero-order chi connectivity index (χ0) is 28.8. The van der Waals surface area contributed by atoms with Gasteiger partial charge in [0.1, 0.15) is 22.7 Å². The molecule has 1 aliphatic rings. The van der Waals surface area contributed by atoms with Gasteiger partial charge in [-0.3, -0.25) is 0 Å². The van der Waals surface area contributed by atoms with E-state index < -0.39 is 0 Å².